The number of amides is 1. The Bertz CT molecular complexity index is 1470. The zero-order valence-electron chi connectivity index (χ0n) is 22.0. The van der Waals surface area contributed by atoms with Crippen LogP contribution in [0.4, 0.5) is 13.2 Å². The van der Waals surface area contributed by atoms with E-state index in [-0.39, 0.29) is 16.7 Å². The first-order valence-corrected chi connectivity index (χ1v) is 13.2. The van der Waals surface area contributed by atoms with E-state index in [1.165, 1.54) is 23.8 Å². The molecule has 1 amide bonds. The van der Waals surface area contributed by atoms with Gasteiger partial charge in [0, 0.05) is 16.8 Å². The Morgan fingerprint density at radius 2 is 1.64 bits per heavy atom. The Kier molecular flexibility index (Phi) is 8.25. The molecule has 1 N–H and O–H groups in total. The molecule has 0 atom stereocenters. The third kappa shape index (κ3) is 6.94. The maximum atomic E-state index is 13.2. The highest BCUT2D eigenvalue weighted by molar-refractivity contribution is 7.99. The molecule has 0 aliphatic rings. The number of hydrazone groups is 1. The Hall–Kier alpha value is -3.92. The normalized spacial score (nSPS) is 12.2. The second-order valence-electron chi connectivity index (χ2n) is 9.97. The van der Waals surface area contributed by atoms with Gasteiger partial charge in [0.15, 0.2) is 11.0 Å². The molecule has 0 radical (unpaired) electrons. The fourth-order valence-corrected chi connectivity index (χ4v) is 4.54. The Labute approximate surface area is 229 Å². The van der Waals surface area contributed by atoms with Gasteiger partial charge in [0.05, 0.1) is 17.5 Å². The summed E-state index contributed by atoms with van der Waals surface area (Å²) in [7, 11) is 0. The molecule has 202 valence electrons. The zero-order valence-corrected chi connectivity index (χ0v) is 22.8. The van der Waals surface area contributed by atoms with E-state index in [0.717, 1.165) is 40.9 Å². The van der Waals surface area contributed by atoms with Crippen molar-refractivity contribution in [2.75, 3.05) is 5.75 Å². The third-order valence-electron chi connectivity index (χ3n) is 5.93. The minimum absolute atomic E-state index is 0.00877. The van der Waals surface area contributed by atoms with Crippen LogP contribution in [0.1, 0.15) is 43.0 Å². The fourth-order valence-electron chi connectivity index (χ4n) is 3.80. The average molecular weight is 552 g/mol. The number of rotatable bonds is 7. The fraction of sp³-hybridized carbons (Fsp3) is 0.241. The van der Waals surface area contributed by atoms with E-state index in [0.29, 0.717) is 11.0 Å². The van der Waals surface area contributed by atoms with E-state index in [2.05, 4.69) is 53.6 Å². The standard InChI is InChI=1S/C29H28F3N5OS/c1-19-9-15-23(16-10-19)37-26(20-11-13-22(14-12-20)28(2,3)4)35-36-27(37)39-18-25(38)34-33-17-21-7-5-6-8-24(21)29(30,31)32/h5-17H,18H2,1-4H3,(H,34,38)/b33-17+. The lowest BCUT2D eigenvalue weighted by Crippen LogP contribution is -2.20. The largest absolute Gasteiger partial charge is 0.417 e. The number of carbonyl (C=O) groups excluding carboxylic acids is 1. The van der Waals surface area contributed by atoms with E-state index >= 15 is 0 Å². The highest BCUT2D eigenvalue weighted by Gasteiger charge is 2.32. The zero-order chi connectivity index (χ0) is 28.2. The van der Waals surface area contributed by atoms with Crippen molar-refractivity contribution < 1.29 is 18.0 Å². The molecule has 39 heavy (non-hydrogen) atoms. The molecule has 1 heterocycles. The first-order valence-electron chi connectivity index (χ1n) is 12.2. The van der Waals surface area contributed by atoms with Crippen LogP contribution in [0.15, 0.2) is 83.1 Å². The minimum atomic E-state index is -4.52. The molecule has 0 bridgehead atoms. The van der Waals surface area contributed by atoms with Crippen LogP contribution in [0.5, 0.6) is 0 Å². The second kappa shape index (κ2) is 11.4. The molecule has 0 aliphatic carbocycles. The molecule has 4 rings (SSSR count). The summed E-state index contributed by atoms with van der Waals surface area (Å²) in [4.78, 5) is 12.5. The number of hydrogen-bond acceptors (Lipinski definition) is 5. The summed E-state index contributed by atoms with van der Waals surface area (Å²) in [5, 5.41) is 13.0. The number of benzene rings is 3. The first-order chi connectivity index (χ1) is 18.4. The molecule has 0 saturated heterocycles. The van der Waals surface area contributed by atoms with Gasteiger partial charge < -0.3 is 0 Å². The lowest BCUT2D eigenvalue weighted by atomic mass is 9.87. The van der Waals surface area contributed by atoms with Crippen LogP contribution < -0.4 is 5.43 Å². The number of halogens is 3. The molecular weight excluding hydrogens is 523 g/mol. The highest BCUT2D eigenvalue weighted by Crippen LogP contribution is 2.32. The van der Waals surface area contributed by atoms with Crippen LogP contribution in [0.25, 0.3) is 17.1 Å². The number of aromatic nitrogens is 3. The van der Waals surface area contributed by atoms with Crippen LogP contribution in [0.2, 0.25) is 0 Å². The number of aryl methyl sites for hydroxylation is 1. The second-order valence-corrected chi connectivity index (χ2v) is 10.9. The van der Waals surface area contributed by atoms with Crippen molar-refractivity contribution in [3.63, 3.8) is 0 Å². The summed E-state index contributed by atoms with van der Waals surface area (Å²) in [6.45, 7) is 8.44. The van der Waals surface area contributed by atoms with Gasteiger partial charge >= 0.3 is 6.18 Å². The molecule has 0 aliphatic heterocycles. The molecule has 6 nitrogen and oxygen atoms in total. The predicted octanol–water partition coefficient (Wildman–Crippen LogP) is 6.80. The topological polar surface area (TPSA) is 72.2 Å². The smallest absolute Gasteiger partial charge is 0.272 e. The van der Waals surface area contributed by atoms with Gasteiger partial charge in [-0.15, -0.1) is 10.2 Å². The van der Waals surface area contributed by atoms with E-state index in [1.54, 1.807) is 0 Å². The number of alkyl halides is 3. The quantitative estimate of drug-likeness (QED) is 0.156. The first kappa shape index (κ1) is 28.1. The molecule has 10 heteroatoms. The van der Waals surface area contributed by atoms with Crippen LogP contribution in [-0.4, -0.2) is 32.6 Å². The number of carbonyl (C=O) groups is 1. The molecule has 3 aromatic carbocycles. The Morgan fingerprint density at radius 1 is 0.974 bits per heavy atom. The molecule has 0 fully saturated rings. The van der Waals surface area contributed by atoms with E-state index in [1.807, 2.05) is 47.9 Å². The maximum Gasteiger partial charge on any atom is 0.417 e. The average Bonchev–Trinajstić information content (AvgIpc) is 3.31. The maximum absolute atomic E-state index is 13.2. The molecular formula is C29H28F3N5OS. The van der Waals surface area contributed by atoms with Crippen molar-refractivity contribution in [3.05, 3.63) is 95.1 Å². The van der Waals surface area contributed by atoms with Crippen molar-refractivity contribution in [1.29, 1.82) is 0 Å². The molecule has 0 saturated carbocycles. The monoisotopic (exact) mass is 551 g/mol. The number of nitrogens with one attached hydrogen (secondary N) is 1. The number of nitrogens with zero attached hydrogens (tertiary/aromatic N) is 4. The molecule has 1 aromatic heterocycles. The van der Waals surface area contributed by atoms with Crippen molar-refractivity contribution in [3.8, 4) is 17.1 Å². The molecule has 0 unspecified atom stereocenters. The van der Waals surface area contributed by atoms with Crippen molar-refractivity contribution >= 4 is 23.9 Å². The van der Waals surface area contributed by atoms with Gasteiger partial charge in [-0.1, -0.05) is 92.7 Å². The van der Waals surface area contributed by atoms with Gasteiger partial charge in [-0.3, -0.25) is 9.36 Å². The van der Waals surface area contributed by atoms with Gasteiger partial charge in [0.2, 0.25) is 0 Å². The summed E-state index contributed by atoms with van der Waals surface area (Å²) in [6, 6.07) is 21.0. The summed E-state index contributed by atoms with van der Waals surface area (Å²) >= 11 is 1.15. The lowest BCUT2D eigenvalue weighted by Gasteiger charge is -2.19. The van der Waals surface area contributed by atoms with Crippen LogP contribution in [0, 0.1) is 6.92 Å². The van der Waals surface area contributed by atoms with Gasteiger partial charge in [-0.25, -0.2) is 5.43 Å². The highest BCUT2D eigenvalue weighted by atomic mass is 32.2. The summed E-state index contributed by atoms with van der Waals surface area (Å²) in [5.41, 5.74) is 5.34. The van der Waals surface area contributed by atoms with Crippen molar-refractivity contribution in [1.82, 2.24) is 20.2 Å². The minimum Gasteiger partial charge on any atom is -0.272 e. The van der Waals surface area contributed by atoms with Crippen LogP contribution >= 0.6 is 11.8 Å². The Balaban J connectivity index is 1.53. The van der Waals surface area contributed by atoms with Gasteiger partial charge in [-0.05, 0) is 36.1 Å². The summed E-state index contributed by atoms with van der Waals surface area (Å²) < 4.78 is 41.4. The SMILES string of the molecule is Cc1ccc(-n2c(SCC(=O)N/N=C/c3ccccc3C(F)(F)F)nnc2-c2ccc(C(C)(C)C)cc2)cc1. The Morgan fingerprint density at radius 3 is 2.28 bits per heavy atom. The summed E-state index contributed by atoms with van der Waals surface area (Å²) in [5.74, 6) is 0.0739. The third-order valence-corrected chi connectivity index (χ3v) is 6.86. The summed E-state index contributed by atoms with van der Waals surface area (Å²) in [6.07, 6.45) is -3.53. The number of hydrogen-bond donors (Lipinski definition) is 1. The number of thioether (sulfide) groups is 1. The van der Waals surface area contributed by atoms with E-state index in [9.17, 15) is 18.0 Å². The van der Waals surface area contributed by atoms with E-state index in [4.69, 9.17) is 0 Å². The van der Waals surface area contributed by atoms with Gasteiger partial charge in [0.25, 0.3) is 5.91 Å². The van der Waals surface area contributed by atoms with Crippen LogP contribution in [-0.2, 0) is 16.4 Å². The predicted molar refractivity (Wildman–Crippen MR) is 148 cm³/mol. The van der Waals surface area contributed by atoms with Gasteiger partial charge in [-0.2, -0.15) is 18.3 Å². The van der Waals surface area contributed by atoms with Crippen molar-refractivity contribution in [2.45, 2.75) is 44.4 Å². The van der Waals surface area contributed by atoms with E-state index < -0.39 is 17.6 Å². The molecule has 0 spiro atoms. The lowest BCUT2D eigenvalue weighted by molar-refractivity contribution is -0.137. The van der Waals surface area contributed by atoms with Crippen molar-refractivity contribution in [2.24, 2.45) is 5.10 Å². The van der Waals surface area contributed by atoms with Crippen LogP contribution in [0.3, 0.4) is 0 Å². The van der Waals surface area contributed by atoms with Gasteiger partial charge in [0.1, 0.15) is 0 Å². The molecule has 4 aromatic rings.